The molecular formula is C13H13N3O. The number of imidazole rings is 1. The maximum absolute atomic E-state index is 10.6. The summed E-state index contributed by atoms with van der Waals surface area (Å²) in [5.41, 5.74) is 2.78. The van der Waals surface area contributed by atoms with Crippen LogP contribution in [0.4, 0.5) is 0 Å². The molecule has 0 spiro atoms. The van der Waals surface area contributed by atoms with E-state index in [1.165, 1.54) is 6.92 Å². The van der Waals surface area contributed by atoms with Gasteiger partial charge in [0.15, 0.2) is 0 Å². The van der Waals surface area contributed by atoms with Crippen LogP contribution in [0.15, 0.2) is 24.5 Å². The zero-order valence-electron chi connectivity index (χ0n) is 9.58. The van der Waals surface area contributed by atoms with E-state index in [0.29, 0.717) is 13.0 Å². The van der Waals surface area contributed by atoms with Crippen molar-refractivity contribution in [3.8, 4) is 11.8 Å². The Morgan fingerprint density at radius 3 is 3.24 bits per heavy atom. The highest BCUT2D eigenvalue weighted by Crippen LogP contribution is 2.12. The number of aromatic nitrogens is 2. The van der Waals surface area contributed by atoms with Crippen molar-refractivity contribution >= 4 is 16.9 Å². The minimum atomic E-state index is -0.0267. The lowest BCUT2D eigenvalue weighted by Crippen LogP contribution is -2.20. The van der Waals surface area contributed by atoms with Crippen molar-refractivity contribution in [2.75, 3.05) is 6.54 Å². The van der Waals surface area contributed by atoms with Crippen molar-refractivity contribution < 1.29 is 4.79 Å². The average molecular weight is 227 g/mol. The second-order valence-corrected chi connectivity index (χ2v) is 3.64. The maximum atomic E-state index is 10.6. The Balaban J connectivity index is 2.05. The van der Waals surface area contributed by atoms with E-state index in [4.69, 9.17) is 0 Å². The van der Waals surface area contributed by atoms with Crippen LogP contribution in [-0.4, -0.2) is 22.4 Å². The predicted octanol–water partition coefficient (Wildman–Crippen LogP) is 1.44. The van der Waals surface area contributed by atoms with Crippen LogP contribution in [0.25, 0.3) is 11.0 Å². The van der Waals surface area contributed by atoms with Gasteiger partial charge < -0.3 is 10.3 Å². The molecule has 0 aliphatic heterocycles. The molecule has 0 bridgehead atoms. The summed E-state index contributed by atoms with van der Waals surface area (Å²) in [6, 6.07) is 5.84. The molecule has 2 N–H and O–H groups in total. The van der Waals surface area contributed by atoms with Crippen LogP contribution in [0.1, 0.15) is 18.9 Å². The van der Waals surface area contributed by atoms with Crippen LogP contribution >= 0.6 is 0 Å². The van der Waals surface area contributed by atoms with E-state index in [0.717, 1.165) is 16.6 Å². The van der Waals surface area contributed by atoms with Crippen LogP contribution in [0.2, 0.25) is 0 Å². The summed E-state index contributed by atoms with van der Waals surface area (Å²) >= 11 is 0. The minimum absolute atomic E-state index is 0.0267. The summed E-state index contributed by atoms with van der Waals surface area (Å²) in [5, 5.41) is 2.70. The van der Waals surface area contributed by atoms with Crippen molar-refractivity contribution in [1.29, 1.82) is 0 Å². The Morgan fingerprint density at radius 1 is 1.53 bits per heavy atom. The third-order valence-electron chi connectivity index (χ3n) is 2.30. The van der Waals surface area contributed by atoms with Gasteiger partial charge in [-0.15, -0.1) is 0 Å². The van der Waals surface area contributed by atoms with Gasteiger partial charge in [-0.1, -0.05) is 17.9 Å². The van der Waals surface area contributed by atoms with Crippen molar-refractivity contribution in [1.82, 2.24) is 15.3 Å². The number of hydrogen-bond acceptors (Lipinski definition) is 2. The smallest absolute Gasteiger partial charge is 0.216 e. The lowest BCUT2D eigenvalue weighted by atomic mass is 10.2. The van der Waals surface area contributed by atoms with Crippen LogP contribution in [0, 0.1) is 11.8 Å². The van der Waals surface area contributed by atoms with Crippen molar-refractivity contribution in [3.63, 3.8) is 0 Å². The number of H-pyrrole nitrogens is 1. The zero-order valence-corrected chi connectivity index (χ0v) is 9.58. The Kier molecular flexibility index (Phi) is 3.41. The predicted molar refractivity (Wildman–Crippen MR) is 66.3 cm³/mol. The summed E-state index contributed by atoms with van der Waals surface area (Å²) in [4.78, 5) is 17.9. The summed E-state index contributed by atoms with van der Waals surface area (Å²) < 4.78 is 0. The van der Waals surface area contributed by atoms with Gasteiger partial charge in [0.25, 0.3) is 0 Å². The van der Waals surface area contributed by atoms with Crippen LogP contribution in [-0.2, 0) is 4.79 Å². The van der Waals surface area contributed by atoms with Crippen LogP contribution < -0.4 is 5.32 Å². The number of carbonyl (C=O) groups is 1. The number of amides is 1. The zero-order chi connectivity index (χ0) is 12.1. The van der Waals surface area contributed by atoms with Gasteiger partial charge in [0.05, 0.1) is 17.4 Å². The topological polar surface area (TPSA) is 57.8 Å². The normalized spacial score (nSPS) is 9.71. The summed E-state index contributed by atoms with van der Waals surface area (Å²) in [6.45, 7) is 2.08. The second-order valence-electron chi connectivity index (χ2n) is 3.64. The highest BCUT2D eigenvalue weighted by molar-refractivity contribution is 5.81. The molecule has 86 valence electrons. The first-order valence-corrected chi connectivity index (χ1v) is 5.43. The maximum Gasteiger partial charge on any atom is 0.216 e. The number of fused-ring (bicyclic) bond motifs is 1. The fraction of sp³-hybridized carbons (Fsp3) is 0.231. The number of carbonyl (C=O) groups excluding carboxylic acids is 1. The molecule has 17 heavy (non-hydrogen) atoms. The molecule has 2 aromatic rings. The van der Waals surface area contributed by atoms with Gasteiger partial charge in [-0.2, -0.15) is 0 Å². The third-order valence-corrected chi connectivity index (χ3v) is 2.30. The van der Waals surface area contributed by atoms with Gasteiger partial charge >= 0.3 is 0 Å². The molecule has 0 aliphatic carbocycles. The molecule has 0 saturated carbocycles. The number of para-hydroxylation sites is 1. The standard InChI is InChI=1S/C13H13N3O/c1-10(17)14-8-3-2-5-11-6-4-7-12-13(11)16-9-15-12/h4,6-7,9H,3,8H2,1H3,(H,14,17)(H,15,16). The van der Waals surface area contributed by atoms with Crippen LogP contribution in [0.3, 0.4) is 0 Å². The van der Waals surface area contributed by atoms with Gasteiger partial charge in [-0.05, 0) is 12.1 Å². The SMILES string of the molecule is CC(=O)NCCC#Cc1cccc2[nH]cnc12. The highest BCUT2D eigenvalue weighted by atomic mass is 16.1. The molecule has 1 aromatic carbocycles. The minimum Gasteiger partial charge on any atom is -0.355 e. The van der Waals surface area contributed by atoms with E-state index in [9.17, 15) is 4.79 Å². The molecule has 0 fully saturated rings. The van der Waals surface area contributed by atoms with E-state index in [1.807, 2.05) is 18.2 Å². The third kappa shape index (κ3) is 2.85. The van der Waals surface area contributed by atoms with E-state index < -0.39 is 0 Å². The number of nitrogens with one attached hydrogen (secondary N) is 2. The molecule has 1 aromatic heterocycles. The van der Waals surface area contributed by atoms with E-state index >= 15 is 0 Å². The fourth-order valence-electron chi connectivity index (χ4n) is 1.53. The molecule has 2 rings (SSSR count). The first kappa shape index (κ1) is 11.2. The van der Waals surface area contributed by atoms with Gasteiger partial charge in [-0.3, -0.25) is 4.79 Å². The second kappa shape index (κ2) is 5.17. The van der Waals surface area contributed by atoms with E-state index in [1.54, 1.807) is 6.33 Å². The Hall–Kier alpha value is -2.28. The molecule has 0 aliphatic rings. The first-order chi connectivity index (χ1) is 8.27. The molecule has 4 heteroatoms. The Labute approximate surface area is 99.4 Å². The highest BCUT2D eigenvalue weighted by Gasteiger charge is 1.98. The fourth-order valence-corrected chi connectivity index (χ4v) is 1.53. The number of rotatable bonds is 2. The van der Waals surface area contributed by atoms with Gasteiger partial charge in [-0.25, -0.2) is 4.98 Å². The van der Waals surface area contributed by atoms with E-state index in [2.05, 4.69) is 27.1 Å². The summed E-state index contributed by atoms with van der Waals surface area (Å²) in [6.07, 6.45) is 2.30. The van der Waals surface area contributed by atoms with E-state index in [-0.39, 0.29) is 5.91 Å². The van der Waals surface area contributed by atoms with Gasteiger partial charge in [0, 0.05) is 19.9 Å². The molecule has 0 atom stereocenters. The molecule has 1 amide bonds. The van der Waals surface area contributed by atoms with Gasteiger partial charge in [0.2, 0.25) is 5.91 Å². The molecule has 0 saturated heterocycles. The largest absolute Gasteiger partial charge is 0.355 e. The number of hydrogen-bond donors (Lipinski definition) is 2. The Bertz CT molecular complexity index is 589. The monoisotopic (exact) mass is 227 g/mol. The quantitative estimate of drug-likeness (QED) is 0.602. The molecule has 0 radical (unpaired) electrons. The first-order valence-electron chi connectivity index (χ1n) is 5.43. The number of nitrogens with zero attached hydrogens (tertiary/aromatic N) is 1. The van der Waals surface area contributed by atoms with Crippen molar-refractivity contribution in [2.45, 2.75) is 13.3 Å². The molecule has 0 unspecified atom stereocenters. The van der Waals surface area contributed by atoms with Crippen molar-refractivity contribution in [2.24, 2.45) is 0 Å². The van der Waals surface area contributed by atoms with Crippen LogP contribution in [0.5, 0.6) is 0 Å². The average Bonchev–Trinajstić information content (AvgIpc) is 2.77. The molecule has 1 heterocycles. The number of aromatic amines is 1. The summed E-state index contributed by atoms with van der Waals surface area (Å²) in [7, 11) is 0. The van der Waals surface area contributed by atoms with Gasteiger partial charge in [0.1, 0.15) is 5.52 Å². The van der Waals surface area contributed by atoms with Crippen molar-refractivity contribution in [3.05, 3.63) is 30.1 Å². The lowest BCUT2D eigenvalue weighted by molar-refractivity contribution is -0.118. The Morgan fingerprint density at radius 2 is 2.41 bits per heavy atom. The lowest BCUT2D eigenvalue weighted by Gasteiger charge is -1.95. The molecular weight excluding hydrogens is 214 g/mol. The molecule has 4 nitrogen and oxygen atoms in total. The number of benzene rings is 1. The summed E-state index contributed by atoms with van der Waals surface area (Å²) in [5.74, 6) is 6.06.